The summed E-state index contributed by atoms with van der Waals surface area (Å²) >= 11 is 0. The number of rotatable bonds is 7. The Morgan fingerprint density at radius 3 is 2.34 bits per heavy atom. The van der Waals surface area contributed by atoms with Crippen LogP contribution in [0.1, 0.15) is 34.0 Å². The number of hydrogen-bond donors (Lipinski definition) is 1. The lowest BCUT2D eigenvalue weighted by atomic mass is 10.0. The molecule has 1 amide bonds. The van der Waals surface area contributed by atoms with Crippen LogP contribution in [0, 0.1) is 13.8 Å². The van der Waals surface area contributed by atoms with Gasteiger partial charge in [0.25, 0.3) is 5.91 Å². The number of amides is 1. The van der Waals surface area contributed by atoms with E-state index >= 15 is 0 Å². The summed E-state index contributed by atoms with van der Waals surface area (Å²) in [7, 11) is 0. The van der Waals surface area contributed by atoms with Gasteiger partial charge in [-0.1, -0.05) is 46.6 Å². The zero-order chi connectivity index (χ0) is 20.8. The molecule has 0 radical (unpaired) electrons. The van der Waals surface area contributed by atoms with Crippen LogP contribution >= 0.6 is 0 Å². The van der Waals surface area contributed by atoms with Gasteiger partial charge in [0.2, 0.25) is 0 Å². The van der Waals surface area contributed by atoms with E-state index in [-0.39, 0.29) is 12.5 Å². The molecule has 150 valence electrons. The molecule has 0 bridgehead atoms. The molecule has 3 rings (SSSR count). The Hall–Kier alpha value is -3.41. The molecule has 1 N–H and O–H groups in total. The first-order valence-electron chi connectivity index (χ1n) is 9.52. The van der Waals surface area contributed by atoms with Crippen molar-refractivity contribution in [2.75, 3.05) is 6.61 Å². The van der Waals surface area contributed by atoms with Gasteiger partial charge < -0.3 is 14.6 Å². The van der Waals surface area contributed by atoms with Crippen LogP contribution in [0.4, 0.5) is 0 Å². The molecule has 0 aliphatic heterocycles. The van der Waals surface area contributed by atoms with Crippen molar-refractivity contribution >= 4 is 11.9 Å². The third-order valence-electron chi connectivity index (χ3n) is 4.48. The summed E-state index contributed by atoms with van der Waals surface area (Å²) in [5.41, 5.74) is 4.29. The highest BCUT2D eigenvalue weighted by Gasteiger charge is 2.23. The van der Waals surface area contributed by atoms with Gasteiger partial charge in [0.15, 0.2) is 5.76 Å². The van der Waals surface area contributed by atoms with Crippen LogP contribution in [0.5, 0.6) is 0 Å². The first-order chi connectivity index (χ1) is 14.0. The van der Waals surface area contributed by atoms with Crippen molar-refractivity contribution in [3.05, 3.63) is 77.0 Å². The summed E-state index contributed by atoms with van der Waals surface area (Å²) in [5.74, 6) is -0.0840. The Morgan fingerprint density at radius 2 is 1.76 bits per heavy atom. The molecule has 0 spiro atoms. The SMILES string of the molecule is CCOC(=O)[C@H](Cc1ccc(-c2ccno2)cc1)NC(=O)c1cc(C)cc(C)c1. The van der Waals surface area contributed by atoms with E-state index in [1.54, 1.807) is 31.3 Å². The van der Waals surface area contributed by atoms with E-state index in [2.05, 4.69) is 10.5 Å². The highest BCUT2D eigenvalue weighted by atomic mass is 16.5. The minimum atomic E-state index is -0.778. The Labute approximate surface area is 169 Å². The van der Waals surface area contributed by atoms with Crippen LogP contribution in [-0.4, -0.2) is 29.7 Å². The molecule has 1 aromatic heterocycles. The van der Waals surface area contributed by atoms with E-state index in [1.807, 2.05) is 44.2 Å². The summed E-state index contributed by atoms with van der Waals surface area (Å²) < 4.78 is 10.3. The minimum Gasteiger partial charge on any atom is -0.464 e. The molecule has 0 aliphatic carbocycles. The number of aromatic nitrogens is 1. The average molecular weight is 392 g/mol. The molecule has 0 saturated carbocycles. The molecule has 1 heterocycles. The maximum Gasteiger partial charge on any atom is 0.328 e. The number of carbonyl (C=O) groups is 2. The Morgan fingerprint density at radius 1 is 1.07 bits per heavy atom. The quantitative estimate of drug-likeness (QED) is 0.618. The number of aryl methyl sites for hydroxylation is 2. The molecule has 29 heavy (non-hydrogen) atoms. The maximum absolute atomic E-state index is 12.7. The van der Waals surface area contributed by atoms with Crippen LogP contribution in [-0.2, 0) is 16.0 Å². The number of esters is 1. The molecule has 0 fully saturated rings. The first kappa shape index (κ1) is 20.3. The maximum atomic E-state index is 12.7. The second-order valence-corrected chi connectivity index (χ2v) is 6.93. The zero-order valence-corrected chi connectivity index (χ0v) is 16.8. The standard InChI is InChI=1S/C23H24N2O4/c1-4-28-23(27)20(25-22(26)19-12-15(2)11-16(3)13-19)14-17-5-7-18(8-6-17)21-9-10-24-29-21/h5-13,20H,4,14H2,1-3H3,(H,25,26)/t20-/m0/s1. The van der Waals surface area contributed by atoms with Crippen molar-refractivity contribution in [1.82, 2.24) is 10.5 Å². The summed E-state index contributed by atoms with van der Waals surface area (Å²) in [6, 6.07) is 14.2. The molecule has 3 aromatic rings. The normalized spacial score (nSPS) is 11.7. The molecule has 0 aliphatic rings. The van der Waals surface area contributed by atoms with E-state index in [1.165, 1.54) is 0 Å². The molecule has 0 unspecified atom stereocenters. The van der Waals surface area contributed by atoms with Gasteiger partial charge in [-0.3, -0.25) is 4.79 Å². The highest BCUT2D eigenvalue weighted by Crippen LogP contribution is 2.19. The number of benzene rings is 2. The van der Waals surface area contributed by atoms with E-state index in [9.17, 15) is 9.59 Å². The molecule has 2 aromatic carbocycles. The number of nitrogens with zero attached hydrogens (tertiary/aromatic N) is 1. The van der Waals surface area contributed by atoms with E-state index < -0.39 is 12.0 Å². The molecule has 0 saturated heterocycles. The van der Waals surface area contributed by atoms with Crippen LogP contribution in [0.25, 0.3) is 11.3 Å². The van der Waals surface area contributed by atoms with Gasteiger partial charge in [-0.2, -0.15) is 0 Å². The summed E-state index contributed by atoms with van der Waals surface area (Å²) in [5, 5.41) is 6.52. The third-order valence-corrected chi connectivity index (χ3v) is 4.48. The number of nitrogens with one attached hydrogen (secondary N) is 1. The fourth-order valence-corrected chi connectivity index (χ4v) is 3.19. The number of hydrogen-bond acceptors (Lipinski definition) is 5. The topological polar surface area (TPSA) is 81.4 Å². The van der Waals surface area contributed by atoms with Gasteiger partial charge >= 0.3 is 5.97 Å². The molecular weight excluding hydrogens is 368 g/mol. The summed E-state index contributed by atoms with van der Waals surface area (Å²) in [4.78, 5) is 25.2. The van der Waals surface area contributed by atoms with Crippen LogP contribution in [0.3, 0.4) is 0 Å². The summed E-state index contributed by atoms with van der Waals surface area (Å²) in [6.45, 7) is 5.86. The van der Waals surface area contributed by atoms with Gasteiger partial charge in [-0.05, 0) is 38.5 Å². The fraction of sp³-hybridized carbons (Fsp3) is 0.261. The van der Waals surface area contributed by atoms with Crippen molar-refractivity contribution in [2.45, 2.75) is 33.2 Å². The number of ether oxygens (including phenoxy) is 1. The largest absolute Gasteiger partial charge is 0.464 e. The fourth-order valence-electron chi connectivity index (χ4n) is 3.19. The van der Waals surface area contributed by atoms with E-state index in [4.69, 9.17) is 9.26 Å². The Balaban J connectivity index is 1.76. The molecule has 6 nitrogen and oxygen atoms in total. The minimum absolute atomic E-state index is 0.249. The summed E-state index contributed by atoms with van der Waals surface area (Å²) in [6.07, 6.45) is 1.91. The van der Waals surface area contributed by atoms with Gasteiger partial charge in [0.1, 0.15) is 6.04 Å². The van der Waals surface area contributed by atoms with Crippen molar-refractivity contribution in [2.24, 2.45) is 0 Å². The monoisotopic (exact) mass is 392 g/mol. The second-order valence-electron chi connectivity index (χ2n) is 6.93. The highest BCUT2D eigenvalue weighted by molar-refractivity contribution is 5.97. The lowest BCUT2D eigenvalue weighted by molar-refractivity contribution is -0.145. The van der Waals surface area contributed by atoms with Crippen LogP contribution < -0.4 is 5.32 Å². The predicted molar refractivity (Wildman–Crippen MR) is 109 cm³/mol. The van der Waals surface area contributed by atoms with Gasteiger partial charge in [0, 0.05) is 23.6 Å². The van der Waals surface area contributed by atoms with E-state index in [0.29, 0.717) is 17.7 Å². The smallest absolute Gasteiger partial charge is 0.328 e. The van der Waals surface area contributed by atoms with Gasteiger partial charge in [-0.25, -0.2) is 4.79 Å². The number of carbonyl (C=O) groups excluding carboxylic acids is 2. The molecular formula is C23H24N2O4. The van der Waals surface area contributed by atoms with Crippen molar-refractivity contribution < 1.29 is 18.8 Å². The van der Waals surface area contributed by atoms with E-state index in [0.717, 1.165) is 22.3 Å². The Bertz CT molecular complexity index is 958. The zero-order valence-electron chi connectivity index (χ0n) is 16.8. The van der Waals surface area contributed by atoms with Crippen molar-refractivity contribution in [3.8, 4) is 11.3 Å². The van der Waals surface area contributed by atoms with Crippen molar-refractivity contribution in [3.63, 3.8) is 0 Å². The lowest BCUT2D eigenvalue weighted by Crippen LogP contribution is -2.43. The van der Waals surface area contributed by atoms with Gasteiger partial charge in [0.05, 0.1) is 12.8 Å². The van der Waals surface area contributed by atoms with Gasteiger partial charge in [-0.15, -0.1) is 0 Å². The predicted octanol–water partition coefficient (Wildman–Crippen LogP) is 3.86. The van der Waals surface area contributed by atoms with Crippen LogP contribution in [0.15, 0.2) is 59.3 Å². The lowest BCUT2D eigenvalue weighted by Gasteiger charge is -2.18. The third kappa shape index (κ3) is 5.31. The second kappa shape index (κ2) is 9.19. The van der Waals surface area contributed by atoms with Crippen LogP contribution in [0.2, 0.25) is 0 Å². The molecule has 1 atom stereocenters. The van der Waals surface area contributed by atoms with Crippen molar-refractivity contribution in [1.29, 1.82) is 0 Å². The Kier molecular flexibility index (Phi) is 6.44. The first-order valence-corrected chi connectivity index (χ1v) is 9.52. The molecule has 6 heteroatoms. The average Bonchev–Trinajstić information content (AvgIpc) is 3.22.